The van der Waals surface area contributed by atoms with Crippen LogP contribution in [0.5, 0.6) is 0 Å². The first kappa shape index (κ1) is 18.7. The highest BCUT2D eigenvalue weighted by atomic mass is 32.1. The Labute approximate surface area is 168 Å². The predicted molar refractivity (Wildman–Crippen MR) is 110 cm³/mol. The van der Waals surface area contributed by atoms with Crippen LogP contribution in [0.1, 0.15) is 41.7 Å². The van der Waals surface area contributed by atoms with E-state index in [1.807, 2.05) is 45.2 Å². The van der Waals surface area contributed by atoms with Crippen molar-refractivity contribution in [3.8, 4) is 0 Å². The number of piperidine rings is 1. The number of para-hydroxylation sites is 2. The lowest BCUT2D eigenvalue weighted by Crippen LogP contribution is -2.43. The molecule has 2 amide bonds. The molecular formula is C21H24N4O2S. The minimum Gasteiger partial charge on any atom is -0.344 e. The average Bonchev–Trinajstić information content (AvgIpc) is 3.35. The van der Waals surface area contributed by atoms with Crippen molar-refractivity contribution in [3.05, 3.63) is 52.5 Å². The van der Waals surface area contributed by atoms with Crippen LogP contribution in [0.25, 0.3) is 11.0 Å². The summed E-state index contributed by atoms with van der Waals surface area (Å²) in [6, 6.07) is 11.7. The SMILES string of the molecule is CC1CCCCN1C(=O)Cn1c(CNC(=O)c2cccs2)nc2ccccc21. The van der Waals surface area contributed by atoms with E-state index in [-0.39, 0.29) is 30.9 Å². The van der Waals surface area contributed by atoms with Crippen molar-refractivity contribution < 1.29 is 9.59 Å². The van der Waals surface area contributed by atoms with Crippen LogP contribution in [0.4, 0.5) is 0 Å². The van der Waals surface area contributed by atoms with Gasteiger partial charge in [0.2, 0.25) is 5.91 Å². The first-order valence-electron chi connectivity index (χ1n) is 9.69. The molecule has 0 spiro atoms. The Hall–Kier alpha value is -2.67. The number of amides is 2. The van der Waals surface area contributed by atoms with E-state index in [1.165, 1.54) is 17.8 Å². The van der Waals surface area contributed by atoms with Gasteiger partial charge in [-0.1, -0.05) is 18.2 Å². The number of nitrogens with one attached hydrogen (secondary N) is 1. The Morgan fingerprint density at radius 3 is 2.86 bits per heavy atom. The Kier molecular flexibility index (Phi) is 5.43. The maximum Gasteiger partial charge on any atom is 0.261 e. The number of thiophene rings is 1. The number of benzene rings is 1. The summed E-state index contributed by atoms with van der Waals surface area (Å²) in [5, 5.41) is 4.81. The van der Waals surface area contributed by atoms with E-state index in [0.717, 1.165) is 30.4 Å². The van der Waals surface area contributed by atoms with Crippen LogP contribution >= 0.6 is 11.3 Å². The van der Waals surface area contributed by atoms with Crippen molar-refractivity contribution in [2.45, 2.75) is 45.3 Å². The fourth-order valence-corrected chi connectivity index (χ4v) is 4.43. The van der Waals surface area contributed by atoms with E-state index < -0.39 is 0 Å². The molecule has 1 saturated heterocycles. The average molecular weight is 397 g/mol. The monoisotopic (exact) mass is 396 g/mol. The van der Waals surface area contributed by atoms with Crippen LogP contribution < -0.4 is 5.32 Å². The van der Waals surface area contributed by atoms with Crippen LogP contribution in [-0.2, 0) is 17.9 Å². The van der Waals surface area contributed by atoms with Crippen molar-refractivity contribution in [1.29, 1.82) is 0 Å². The van der Waals surface area contributed by atoms with Crippen LogP contribution in [0, 0.1) is 0 Å². The van der Waals surface area contributed by atoms with Gasteiger partial charge < -0.3 is 14.8 Å². The number of aromatic nitrogens is 2. The molecule has 0 radical (unpaired) electrons. The van der Waals surface area contributed by atoms with E-state index in [0.29, 0.717) is 10.7 Å². The molecule has 0 aliphatic carbocycles. The summed E-state index contributed by atoms with van der Waals surface area (Å²) >= 11 is 1.41. The predicted octanol–water partition coefficient (Wildman–Crippen LogP) is 3.43. The number of likely N-dealkylation sites (tertiary alicyclic amines) is 1. The number of fused-ring (bicyclic) bond motifs is 1. The number of rotatable bonds is 5. The number of carbonyl (C=O) groups is 2. The Morgan fingerprint density at radius 2 is 2.07 bits per heavy atom. The fourth-order valence-electron chi connectivity index (χ4n) is 3.79. The smallest absolute Gasteiger partial charge is 0.261 e. The number of nitrogens with zero attached hydrogens (tertiary/aromatic N) is 3. The van der Waals surface area contributed by atoms with E-state index in [9.17, 15) is 9.59 Å². The second kappa shape index (κ2) is 8.14. The van der Waals surface area contributed by atoms with E-state index >= 15 is 0 Å². The maximum absolute atomic E-state index is 13.0. The molecule has 2 aromatic heterocycles. The summed E-state index contributed by atoms with van der Waals surface area (Å²) in [4.78, 5) is 32.6. The van der Waals surface area contributed by atoms with Gasteiger partial charge in [0.15, 0.2) is 0 Å². The van der Waals surface area contributed by atoms with Gasteiger partial charge in [-0.25, -0.2) is 4.98 Å². The topological polar surface area (TPSA) is 67.2 Å². The third-order valence-electron chi connectivity index (χ3n) is 5.30. The van der Waals surface area contributed by atoms with Crippen molar-refractivity contribution >= 4 is 34.2 Å². The maximum atomic E-state index is 13.0. The third kappa shape index (κ3) is 3.80. The molecule has 3 heterocycles. The molecule has 0 saturated carbocycles. The van der Waals surface area contributed by atoms with Gasteiger partial charge in [-0.05, 0) is 49.8 Å². The molecule has 28 heavy (non-hydrogen) atoms. The van der Waals surface area contributed by atoms with Crippen LogP contribution in [0.2, 0.25) is 0 Å². The standard InChI is InChI=1S/C21H24N4O2S/c1-15-7-4-5-11-24(15)20(26)14-25-17-9-3-2-8-16(17)23-19(25)13-22-21(27)18-10-6-12-28-18/h2-3,6,8-10,12,15H,4-5,7,11,13-14H2,1H3,(H,22,27). The molecule has 1 aromatic carbocycles. The van der Waals surface area contributed by atoms with Gasteiger partial charge in [0.1, 0.15) is 12.4 Å². The molecule has 7 heteroatoms. The van der Waals surface area contributed by atoms with Gasteiger partial charge >= 0.3 is 0 Å². The van der Waals surface area contributed by atoms with E-state index in [2.05, 4.69) is 17.2 Å². The number of carbonyl (C=O) groups excluding carboxylic acids is 2. The van der Waals surface area contributed by atoms with Crippen molar-refractivity contribution in [2.24, 2.45) is 0 Å². The zero-order valence-electron chi connectivity index (χ0n) is 15.9. The lowest BCUT2D eigenvalue weighted by molar-refractivity contribution is -0.135. The number of hydrogen-bond donors (Lipinski definition) is 1. The van der Waals surface area contributed by atoms with Gasteiger partial charge in [-0.2, -0.15) is 0 Å². The summed E-state index contributed by atoms with van der Waals surface area (Å²) in [7, 11) is 0. The highest BCUT2D eigenvalue weighted by Crippen LogP contribution is 2.20. The normalized spacial score (nSPS) is 17.0. The summed E-state index contributed by atoms with van der Waals surface area (Å²) in [6.07, 6.45) is 3.30. The van der Waals surface area contributed by atoms with Crippen molar-refractivity contribution in [3.63, 3.8) is 0 Å². The summed E-state index contributed by atoms with van der Waals surface area (Å²) in [5.74, 6) is 0.690. The van der Waals surface area contributed by atoms with Crippen LogP contribution in [-0.4, -0.2) is 38.9 Å². The number of hydrogen-bond acceptors (Lipinski definition) is 4. The molecule has 1 aliphatic heterocycles. The summed E-state index contributed by atoms with van der Waals surface area (Å²) in [5.41, 5.74) is 1.75. The quantitative estimate of drug-likeness (QED) is 0.718. The van der Waals surface area contributed by atoms with Crippen molar-refractivity contribution in [1.82, 2.24) is 19.8 Å². The Morgan fingerprint density at radius 1 is 1.21 bits per heavy atom. The largest absolute Gasteiger partial charge is 0.344 e. The zero-order valence-corrected chi connectivity index (χ0v) is 16.7. The van der Waals surface area contributed by atoms with Gasteiger partial charge in [-0.3, -0.25) is 9.59 Å². The fraction of sp³-hybridized carbons (Fsp3) is 0.381. The van der Waals surface area contributed by atoms with Crippen LogP contribution in [0.15, 0.2) is 41.8 Å². The van der Waals surface area contributed by atoms with Crippen LogP contribution in [0.3, 0.4) is 0 Å². The second-order valence-electron chi connectivity index (χ2n) is 7.19. The molecule has 1 fully saturated rings. The Balaban J connectivity index is 1.56. The Bertz CT molecular complexity index is 980. The number of imidazole rings is 1. The summed E-state index contributed by atoms with van der Waals surface area (Å²) < 4.78 is 1.94. The molecule has 1 unspecified atom stereocenters. The molecule has 1 N–H and O–H groups in total. The zero-order chi connectivity index (χ0) is 19.5. The van der Waals surface area contributed by atoms with Crippen molar-refractivity contribution in [2.75, 3.05) is 6.54 Å². The molecule has 0 bridgehead atoms. The lowest BCUT2D eigenvalue weighted by atomic mass is 10.0. The minimum atomic E-state index is -0.121. The first-order valence-corrected chi connectivity index (χ1v) is 10.6. The molecule has 4 rings (SSSR count). The lowest BCUT2D eigenvalue weighted by Gasteiger charge is -2.33. The van der Waals surface area contributed by atoms with Gasteiger partial charge in [0, 0.05) is 12.6 Å². The second-order valence-corrected chi connectivity index (χ2v) is 8.14. The summed E-state index contributed by atoms with van der Waals surface area (Å²) in [6.45, 7) is 3.46. The first-order chi connectivity index (χ1) is 13.6. The molecule has 1 aliphatic rings. The molecule has 146 valence electrons. The molecule has 1 atom stereocenters. The third-order valence-corrected chi connectivity index (χ3v) is 6.17. The molecule has 6 nitrogen and oxygen atoms in total. The van der Waals surface area contributed by atoms with Gasteiger partial charge in [-0.15, -0.1) is 11.3 Å². The van der Waals surface area contributed by atoms with E-state index in [4.69, 9.17) is 0 Å². The minimum absolute atomic E-state index is 0.112. The van der Waals surface area contributed by atoms with Gasteiger partial charge in [0.25, 0.3) is 5.91 Å². The highest BCUT2D eigenvalue weighted by Gasteiger charge is 2.24. The highest BCUT2D eigenvalue weighted by molar-refractivity contribution is 7.12. The van der Waals surface area contributed by atoms with E-state index in [1.54, 1.807) is 6.07 Å². The molecule has 3 aromatic rings. The molecular weight excluding hydrogens is 372 g/mol. The van der Waals surface area contributed by atoms with Gasteiger partial charge in [0.05, 0.1) is 22.5 Å².